The molecule has 0 unspecified atom stereocenters. The Balaban J connectivity index is 2.18. The molecule has 2 rings (SSSR count). The summed E-state index contributed by atoms with van der Waals surface area (Å²) in [6, 6.07) is 11.6. The number of nitrogens with zero attached hydrogens (tertiary/aromatic N) is 1. The van der Waals surface area contributed by atoms with Crippen LogP contribution in [0.25, 0.3) is 0 Å². The van der Waals surface area contributed by atoms with Gasteiger partial charge in [-0.05, 0) is 29.8 Å². The number of carboxylic acids is 1. The molecule has 0 atom stereocenters. The zero-order valence-corrected chi connectivity index (χ0v) is 11.9. The van der Waals surface area contributed by atoms with Crippen molar-refractivity contribution >= 4 is 12.2 Å². The smallest absolute Gasteiger partial charge is 0.335 e. The zero-order valence-electron chi connectivity index (χ0n) is 11.9. The fraction of sp³-hybridized carbons (Fsp3) is 0.125. The Bertz CT molecular complexity index is 679. The van der Waals surface area contributed by atoms with Gasteiger partial charge < -0.3 is 19.8 Å². The Morgan fingerprint density at radius 1 is 1.23 bits per heavy atom. The van der Waals surface area contributed by atoms with Gasteiger partial charge in [0.25, 0.3) is 0 Å². The maximum Gasteiger partial charge on any atom is 0.335 e. The summed E-state index contributed by atoms with van der Waals surface area (Å²) in [5.41, 5.74) is 1.60. The number of carbonyl (C=O) groups is 1. The molecule has 2 aromatic carbocycles. The van der Waals surface area contributed by atoms with E-state index in [1.807, 2.05) is 0 Å². The van der Waals surface area contributed by atoms with Gasteiger partial charge in [0, 0.05) is 5.56 Å². The van der Waals surface area contributed by atoms with Crippen LogP contribution in [0.5, 0.6) is 11.5 Å². The van der Waals surface area contributed by atoms with Crippen molar-refractivity contribution < 1.29 is 24.6 Å². The third-order valence-electron chi connectivity index (χ3n) is 3.01. The number of para-hydroxylation sites is 1. The maximum atomic E-state index is 10.8. The second-order valence-electron chi connectivity index (χ2n) is 4.41. The summed E-state index contributed by atoms with van der Waals surface area (Å²) in [4.78, 5) is 10.8. The van der Waals surface area contributed by atoms with E-state index in [4.69, 9.17) is 19.8 Å². The van der Waals surface area contributed by atoms with E-state index in [1.54, 1.807) is 30.3 Å². The molecule has 0 aliphatic heterocycles. The highest BCUT2D eigenvalue weighted by atomic mass is 16.5. The van der Waals surface area contributed by atoms with Gasteiger partial charge in [-0.1, -0.05) is 23.4 Å². The molecule has 0 aromatic heterocycles. The molecule has 0 saturated carbocycles. The average molecular weight is 301 g/mol. The van der Waals surface area contributed by atoms with Crippen LogP contribution in [0.2, 0.25) is 0 Å². The summed E-state index contributed by atoms with van der Waals surface area (Å²) in [5.74, 6) is -0.0108. The first kappa shape index (κ1) is 15.4. The highest BCUT2D eigenvalue weighted by Crippen LogP contribution is 2.30. The first-order valence-electron chi connectivity index (χ1n) is 6.45. The van der Waals surface area contributed by atoms with Crippen molar-refractivity contribution in [3.63, 3.8) is 0 Å². The molecule has 0 fully saturated rings. The number of hydrogen-bond acceptors (Lipinski definition) is 5. The number of oxime groups is 1. The molecule has 0 saturated heterocycles. The van der Waals surface area contributed by atoms with Crippen molar-refractivity contribution in [2.45, 2.75) is 6.61 Å². The van der Waals surface area contributed by atoms with Crippen LogP contribution in [0.1, 0.15) is 21.5 Å². The van der Waals surface area contributed by atoms with Gasteiger partial charge in [0.15, 0.2) is 11.5 Å². The minimum absolute atomic E-state index is 0.217. The van der Waals surface area contributed by atoms with E-state index < -0.39 is 5.97 Å². The van der Waals surface area contributed by atoms with Crippen molar-refractivity contribution in [2.75, 3.05) is 7.11 Å². The van der Waals surface area contributed by atoms with E-state index in [0.29, 0.717) is 17.1 Å². The Morgan fingerprint density at radius 2 is 1.95 bits per heavy atom. The van der Waals surface area contributed by atoms with E-state index in [2.05, 4.69) is 5.16 Å². The Morgan fingerprint density at radius 3 is 2.55 bits per heavy atom. The van der Waals surface area contributed by atoms with Crippen LogP contribution in [-0.2, 0) is 6.61 Å². The van der Waals surface area contributed by atoms with E-state index in [9.17, 15) is 4.79 Å². The SMILES string of the molecule is COc1cccc(/C=N\O)c1OCc1ccc(C(=O)O)cc1. The molecule has 6 heteroatoms. The van der Waals surface area contributed by atoms with Crippen molar-refractivity contribution in [2.24, 2.45) is 5.16 Å². The van der Waals surface area contributed by atoms with Crippen LogP contribution in [0.4, 0.5) is 0 Å². The van der Waals surface area contributed by atoms with Crippen molar-refractivity contribution in [1.29, 1.82) is 0 Å². The number of ether oxygens (including phenoxy) is 2. The lowest BCUT2D eigenvalue weighted by molar-refractivity contribution is 0.0697. The highest BCUT2D eigenvalue weighted by Gasteiger charge is 2.10. The normalized spacial score (nSPS) is 10.6. The van der Waals surface area contributed by atoms with Gasteiger partial charge in [-0.25, -0.2) is 4.79 Å². The standard InChI is InChI=1S/C16H15NO5/c1-21-14-4-2-3-13(9-17-20)15(14)22-10-11-5-7-12(8-6-11)16(18)19/h2-9,20H,10H2,1H3,(H,18,19)/b17-9-. The molecule has 6 nitrogen and oxygen atoms in total. The molecule has 2 N–H and O–H groups in total. The molecular weight excluding hydrogens is 286 g/mol. The van der Waals surface area contributed by atoms with Crippen LogP contribution in [0.15, 0.2) is 47.6 Å². The number of aromatic carboxylic acids is 1. The maximum absolute atomic E-state index is 10.8. The molecule has 0 spiro atoms. The lowest BCUT2D eigenvalue weighted by Gasteiger charge is -2.13. The van der Waals surface area contributed by atoms with E-state index in [1.165, 1.54) is 25.5 Å². The Hall–Kier alpha value is -3.02. The zero-order chi connectivity index (χ0) is 15.9. The van der Waals surface area contributed by atoms with Gasteiger partial charge in [0.2, 0.25) is 0 Å². The molecule has 0 bridgehead atoms. The van der Waals surface area contributed by atoms with Crippen LogP contribution in [0.3, 0.4) is 0 Å². The van der Waals surface area contributed by atoms with Gasteiger partial charge in [-0.3, -0.25) is 0 Å². The number of rotatable bonds is 6. The summed E-state index contributed by atoms with van der Waals surface area (Å²) < 4.78 is 10.9. The first-order chi connectivity index (χ1) is 10.7. The molecule has 0 radical (unpaired) electrons. The quantitative estimate of drug-likeness (QED) is 0.486. The summed E-state index contributed by atoms with van der Waals surface area (Å²) >= 11 is 0. The van der Waals surface area contributed by atoms with Gasteiger partial charge in [0.05, 0.1) is 18.9 Å². The predicted octanol–water partition coefficient (Wildman–Crippen LogP) is 2.78. The van der Waals surface area contributed by atoms with Crippen LogP contribution >= 0.6 is 0 Å². The predicted molar refractivity (Wildman–Crippen MR) is 80.1 cm³/mol. The molecule has 0 amide bonds. The summed E-state index contributed by atoms with van der Waals surface area (Å²) in [5, 5.41) is 20.6. The Labute approximate surface area is 127 Å². The lowest BCUT2D eigenvalue weighted by Crippen LogP contribution is -2.02. The topological polar surface area (TPSA) is 88.4 Å². The second-order valence-corrected chi connectivity index (χ2v) is 4.41. The number of hydrogen-bond donors (Lipinski definition) is 2. The van der Waals surface area contributed by atoms with E-state index in [0.717, 1.165) is 5.56 Å². The molecule has 0 aliphatic carbocycles. The third-order valence-corrected chi connectivity index (χ3v) is 3.01. The summed E-state index contributed by atoms with van der Waals surface area (Å²) in [7, 11) is 1.52. The minimum atomic E-state index is -0.973. The van der Waals surface area contributed by atoms with Crippen LogP contribution < -0.4 is 9.47 Å². The molecule has 22 heavy (non-hydrogen) atoms. The Kier molecular flexibility index (Phi) is 4.98. The fourth-order valence-electron chi connectivity index (χ4n) is 1.91. The molecular formula is C16H15NO5. The van der Waals surface area contributed by atoms with Crippen molar-refractivity contribution in [1.82, 2.24) is 0 Å². The number of benzene rings is 2. The largest absolute Gasteiger partial charge is 0.493 e. The number of carboxylic acid groups (broad SMARTS) is 1. The highest BCUT2D eigenvalue weighted by molar-refractivity contribution is 5.87. The van der Waals surface area contributed by atoms with Crippen molar-refractivity contribution in [3.8, 4) is 11.5 Å². The monoisotopic (exact) mass is 301 g/mol. The molecule has 2 aromatic rings. The van der Waals surface area contributed by atoms with E-state index >= 15 is 0 Å². The van der Waals surface area contributed by atoms with E-state index in [-0.39, 0.29) is 12.2 Å². The van der Waals surface area contributed by atoms with Gasteiger partial charge in [-0.15, -0.1) is 0 Å². The van der Waals surface area contributed by atoms with Gasteiger partial charge >= 0.3 is 5.97 Å². The van der Waals surface area contributed by atoms with Crippen molar-refractivity contribution in [3.05, 3.63) is 59.2 Å². The third kappa shape index (κ3) is 3.54. The second kappa shape index (κ2) is 7.12. The fourth-order valence-corrected chi connectivity index (χ4v) is 1.91. The first-order valence-corrected chi connectivity index (χ1v) is 6.45. The van der Waals surface area contributed by atoms with Crippen LogP contribution in [0, 0.1) is 0 Å². The summed E-state index contributed by atoms with van der Waals surface area (Å²) in [6.45, 7) is 0.229. The van der Waals surface area contributed by atoms with Gasteiger partial charge in [0.1, 0.15) is 6.61 Å². The van der Waals surface area contributed by atoms with Gasteiger partial charge in [-0.2, -0.15) is 0 Å². The number of methoxy groups -OCH3 is 1. The molecule has 0 heterocycles. The molecule has 0 aliphatic rings. The molecule has 114 valence electrons. The average Bonchev–Trinajstić information content (AvgIpc) is 2.54. The van der Waals surface area contributed by atoms with Crippen LogP contribution in [-0.4, -0.2) is 29.6 Å². The summed E-state index contributed by atoms with van der Waals surface area (Å²) in [6.07, 6.45) is 1.26. The lowest BCUT2D eigenvalue weighted by atomic mass is 10.1. The minimum Gasteiger partial charge on any atom is -0.493 e.